The summed E-state index contributed by atoms with van der Waals surface area (Å²) in [5.41, 5.74) is 0. The van der Waals surface area contributed by atoms with Crippen LogP contribution >= 0.6 is 0 Å². The van der Waals surface area contributed by atoms with Crippen molar-refractivity contribution in [3.63, 3.8) is 0 Å². The lowest BCUT2D eigenvalue weighted by atomic mass is 10.3. The molecule has 178 valence electrons. The van der Waals surface area contributed by atoms with Crippen molar-refractivity contribution in [3.05, 3.63) is 0 Å². The summed E-state index contributed by atoms with van der Waals surface area (Å²) in [6.45, 7) is 2.59. The fourth-order valence-corrected chi connectivity index (χ4v) is 2.45. The number of hydrogen-bond donors (Lipinski definition) is 0. The highest BCUT2D eigenvalue weighted by Crippen LogP contribution is 2.00. The van der Waals surface area contributed by atoms with Crippen LogP contribution < -0.4 is 0 Å². The Bertz CT molecular complexity index is 523. The third-order valence-corrected chi connectivity index (χ3v) is 4.43. The van der Waals surface area contributed by atoms with Crippen LogP contribution in [0.1, 0.15) is 25.7 Å². The standard InChI is InChI=1S/C20H34N2O9/c1-21-7-9-27-10-8-22(2)18(24)4-6-20(26)31-16-14-29-12-11-28-13-15-30-19(25)5-3-17(21)23/h3-16H2,1-2H3. The first kappa shape index (κ1) is 26.8. The fourth-order valence-electron chi connectivity index (χ4n) is 2.45. The Kier molecular flexibility index (Phi) is 14.2. The van der Waals surface area contributed by atoms with E-state index in [0.717, 1.165) is 0 Å². The van der Waals surface area contributed by atoms with Crippen molar-refractivity contribution in [1.82, 2.24) is 9.80 Å². The van der Waals surface area contributed by atoms with Crippen LogP contribution in [0, 0.1) is 0 Å². The lowest BCUT2D eigenvalue weighted by Crippen LogP contribution is -2.33. The van der Waals surface area contributed by atoms with Gasteiger partial charge in [-0.25, -0.2) is 0 Å². The highest BCUT2D eigenvalue weighted by molar-refractivity contribution is 5.81. The molecule has 0 saturated carbocycles. The summed E-state index contributed by atoms with van der Waals surface area (Å²) in [5.74, 6) is -1.28. The molecule has 0 aromatic heterocycles. The summed E-state index contributed by atoms with van der Waals surface area (Å²) in [7, 11) is 3.27. The molecular formula is C20H34N2O9. The molecule has 1 heterocycles. The second-order valence-corrected chi connectivity index (χ2v) is 6.91. The maximum Gasteiger partial charge on any atom is 0.306 e. The van der Waals surface area contributed by atoms with Gasteiger partial charge in [0, 0.05) is 40.0 Å². The number of rotatable bonds is 0. The zero-order valence-corrected chi connectivity index (χ0v) is 18.5. The van der Waals surface area contributed by atoms with Crippen LogP contribution in [-0.4, -0.2) is 114 Å². The van der Waals surface area contributed by atoms with Crippen LogP contribution in [0.3, 0.4) is 0 Å². The molecule has 31 heavy (non-hydrogen) atoms. The molecule has 0 aromatic rings. The summed E-state index contributed by atoms with van der Waals surface area (Å²) >= 11 is 0. The molecule has 0 radical (unpaired) electrons. The first-order valence-electron chi connectivity index (χ1n) is 10.4. The van der Waals surface area contributed by atoms with Gasteiger partial charge in [0.15, 0.2) is 0 Å². The number of esters is 2. The number of cyclic esters (lactones) is 2. The zero-order chi connectivity index (χ0) is 22.9. The molecule has 0 atom stereocenters. The molecule has 11 nitrogen and oxygen atoms in total. The van der Waals surface area contributed by atoms with Gasteiger partial charge in [0.05, 0.1) is 52.5 Å². The summed E-state index contributed by atoms with van der Waals surface area (Å²) in [6.07, 6.45) is 0.113. The van der Waals surface area contributed by atoms with Gasteiger partial charge in [0.2, 0.25) is 11.8 Å². The second-order valence-electron chi connectivity index (χ2n) is 6.91. The number of nitrogens with zero attached hydrogens (tertiary/aromatic N) is 2. The molecule has 1 aliphatic rings. The van der Waals surface area contributed by atoms with Crippen LogP contribution in [0.2, 0.25) is 0 Å². The number of carbonyl (C=O) groups is 4. The molecule has 1 rings (SSSR count). The number of amides is 2. The van der Waals surface area contributed by atoms with E-state index in [9.17, 15) is 19.2 Å². The van der Waals surface area contributed by atoms with Crippen LogP contribution in [0.25, 0.3) is 0 Å². The fraction of sp³-hybridized carbons (Fsp3) is 0.800. The van der Waals surface area contributed by atoms with Crippen molar-refractivity contribution in [1.29, 1.82) is 0 Å². The Morgan fingerprint density at radius 3 is 1.29 bits per heavy atom. The Hall–Kier alpha value is -2.24. The maximum absolute atomic E-state index is 12.1. The van der Waals surface area contributed by atoms with E-state index in [2.05, 4.69) is 0 Å². The quantitative estimate of drug-likeness (QED) is 0.458. The molecule has 0 unspecified atom stereocenters. The smallest absolute Gasteiger partial charge is 0.306 e. The monoisotopic (exact) mass is 446 g/mol. The molecule has 1 aliphatic heterocycles. The van der Waals surface area contributed by atoms with Crippen molar-refractivity contribution in [2.24, 2.45) is 0 Å². The average molecular weight is 446 g/mol. The van der Waals surface area contributed by atoms with Gasteiger partial charge in [0.25, 0.3) is 0 Å². The minimum atomic E-state index is -0.460. The Morgan fingerprint density at radius 1 is 0.516 bits per heavy atom. The van der Waals surface area contributed by atoms with Gasteiger partial charge in [-0.05, 0) is 0 Å². The zero-order valence-electron chi connectivity index (χ0n) is 18.5. The molecule has 0 N–H and O–H groups in total. The number of carbonyl (C=O) groups excluding carboxylic acids is 4. The van der Waals surface area contributed by atoms with Gasteiger partial charge in [-0.2, -0.15) is 0 Å². The molecule has 0 aliphatic carbocycles. The van der Waals surface area contributed by atoms with E-state index >= 15 is 0 Å². The van der Waals surface area contributed by atoms with Gasteiger partial charge in [-0.3, -0.25) is 19.2 Å². The first-order chi connectivity index (χ1) is 14.9. The second kappa shape index (κ2) is 16.5. The number of likely N-dealkylation sites (N-methyl/N-ethyl adjacent to an activating group) is 2. The molecule has 0 aromatic carbocycles. The first-order valence-corrected chi connectivity index (χ1v) is 10.4. The Labute approximate surface area is 182 Å². The van der Waals surface area contributed by atoms with E-state index in [1.54, 1.807) is 14.1 Å². The summed E-state index contributed by atoms with van der Waals surface area (Å²) < 4.78 is 26.0. The molecule has 11 heteroatoms. The SMILES string of the molecule is CN1CCOCCN(C)C(=O)CCC(=O)OCCOCCOCCOC(=O)CCC1=O. The third kappa shape index (κ3) is 13.6. The maximum atomic E-state index is 12.1. The molecule has 0 bridgehead atoms. The highest BCUT2D eigenvalue weighted by atomic mass is 16.6. The van der Waals surface area contributed by atoms with Gasteiger partial charge in [0.1, 0.15) is 13.2 Å². The number of hydrogen-bond acceptors (Lipinski definition) is 9. The van der Waals surface area contributed by atoms with Crippen molar-refractivity contribution < 1.29 is 42.9 Å². The average Bonchev–Trinajstić information content (AvgIpc) is 2.75. The normalized spacial score (nSPS) is 21.6. The minimum Gasteiger partial charge on any atom is -0.463 e. The van der Waals surface area contributed by atoms with Crippen LogP contribution in [-0.2, 0) is 42.9 Å². The summed E-state index contributed by atoms with van der Waals surface area (Å²) in [5, 5.41) is 0. The highest BCUT2D eigenvalue weighted by Gasteiger charge is 2.14. The van der Waals surface area contributed by atoms with Gasteiger partial charge >= 0.3 is 11.9 Å². The number of ether oxygens (including phenoxy) is 5. The predicted molar refractivity (Wildman–Crippen MR) is 108 cm³/mol. The lowest BCUT2D eigenvalue weighted by Gasteiger charge is -2.19. The van der Waals surface area contributed by atoms with Crippen molar-refractivity contribution in [2.45, 2.75) is 25.7 Å². The van der Waals surface area contributed by atoms with Gasteiger partial charge in [-0.1, -0.05) is 0 Å². The largest absolute Gasteiger partial charge is 0.463 e. The van der Waals surface area contributed by atoms with E-state index in [0.29, 0.717) is 39.5 Å². The van der Waals surface area contributed by atoms with E-state index in [4.69, 9.17) is 23.7 Å². The van der Waals surface area contributed by atoms with Crippen molar-refractivity contribution >= 4 is 23.8 Å². The topological polar surface area (TPSA) is 121 Å². The Morgan fingerprint density at radius 2 is 0.871 bits per heavy atom. The van der Waals surface area contributed by atoms with Gasteiger partial charge in [-0.15, -0.1) is 0 Å². The van der Waals surface area contributed by atoms with E-state index in [1.165, 1.54) is 9.80 Å². The molecule has 1 fully saturated rings. The minimum absolute atomic E-state index is 0.00122. The molecule has 0 spiro atoms. The van der Waals surface area contributed by atoms with Crippen LogP contribution in [0.15, 0.2) is 0 Å². The lowest BCUT2D eigenvalue weighted by molar-refractivity contribution is -0.148. The van der Waals surface area contributed by atoms with Crippen LogP contribution in [0.4, 0.5) is 0 Å². The molecule has 2 amide bonds. The predicted octanol–water partition coefficient (Wildman–Crippen LogP) is -0.387. The summed E-state index contributed by atoms with van der Waals surface area (Å²) in [6, 6.07) is 0. The third-order valence-electron chi connectivity index (χ3n) is 4.43. The van der Waals surface area contributed by atoms with Gasteiger partial charge < -0.3 is 33.5 Å². The van der Waals surface area contributed by atoms with E-state index < -0.39 is 11.9 Å². The van der Waals surface area contributed by atoms with E-state index in [-0.39, 0.29) is 63.9 Å². The van der Waals surface area contributed by atoms with E-state index in [1.807, 2.05) is 0 Å². The summed E-state index contributed by atoms with van der Waals surface area (Å²) in [4.78, 5) is 50.4. The molecular weight excluding hydrogens is 412 g/mol. The molecule has 1 saturated heterocycles. The van der Waals surface area contributed by atoms with Crippen molar-refractivity contribution in [2.75, 3.05) is 80.0 Å². The van der Waals surface area contributed by atoms with Crippen LogP contribution in [0.5, 0.6) is 0 Å². The Balaban J connectivity index is 2.43. The van der Waals surface area contributed by atoms with Crippen molar-refractivity contribution in [3.8, 4) is 0 Å².